The van der Waals surface area contributed by atoms with Gasteiger partial charge in [-0.3, -0.25) is 4.79 Å². The molecule has 92 valence electrons. The summed E-state index contributed by atoms with van der Waals surface area (Å²) < 4.78 is 0. The number of benzene rings is 1. The lowest BCUT2D eigenvalue weighted by atomic mass is 10.1. The minimum atomic E-state index is 0.257. The second-order valence-electron chi connectivity index (χ2n) is 4.52. The van der Waals surface area contributed by atoms with Crippen molar-refractivity contribution in [2.75, 3.05) is 11.9 Å². The quantitative estimate of drug-likeness (QED) is 0.863. The van der Waals surface area contributed by atoms with Gasteiger partial charge in [0.05, 0.1) is 0 Å². The maximum absolute atomic E-state index is 11.8. The summed E-state index contributed by atoms with van der Waals surface area (Å²) in [6, 6.07) is 8.14. The molecule has 3 nitrogen and oxygen atoms in total. The standard InChI is InChI=1S/C13H17BrN2O/c14-6-12-5-13(17)16(9-12)8-11-3-1-2-10(4-11)7-15/h1-4,12H,5-9,15H2. The lowest BCUT2D eigenvalue weighted by Crippen LogP contribution is -2.24. The summed E-state index contributed by atoms with van der Waals surface area (Å²) >= 11 is 3.44. The van der Waals surface area contributed by atoms with Crippen LogP contribution in [0, 0.1) is 5.92 Å². The second-order valence-corrected chi connectivity index (χ2v) is 5.17. The first-order valence-corrected chi connectivity index (χ1v) is 6.96. The minimum absolute atomic E-state index is 0.257. The van der Waals surface area contributed by atoms with Gasteiger partial charge in [0.2, 0.25) is 5.91 Å². The van der Waals surface area contributed by atoms with E-state index in [1.54, 1.807) is 0 Å². The van der Waals surface area contributed by atoms with Crippen LogP contribution in [0.4, 0.5) is 0 Å². The Kier molecular flexibility index (Phi) is 4.18. The monoisotopic (exact) mass is 296 g/mol. The minimum Gasteiger partial charge on any atom is -0.338 e. The van der Waals surface area contributed by atoms with Crippen LogP contribution in [-0.2, 0) is 17.9 Å². The van der Waals surface area contributed by atoms with Gasteiger partial charge in [-0.1, -0.05) is 40.2 Å². The van der Waals surface area contributed by atoms with Gasteiger partial charge in [-0.25, -0.2) is 0 Å². The van der Waals surface area contributed by atoms with Crippen molar-refractivity contribution in [1.82, 2.24) is 4.90 Å². The van der Waals surface area contributed by atoms with Crippen LogP contribution >= 0.6 is 15.9 Å². The van der Waals surface area contributed by atoms with E-state index in [2.05, 4.69) is 22.0 Å². The fourth-order valence-electron chi connectivity index (χ4n) is 2.19. The first-order valence-electron chi connectivity index (χ1n) is 5.84. The molecular formula is C13H17BrN2O. The normalized spacial score (nSPS) is 20.0. The summed E-state index contributed by atoms with van der Waals surface area (Å²) in [5.74, 6) is 0.716. The second kappa shape index (κ2) is 5.65. The average molecular weight is 297 g/mol. The summed E-state index contributed by atoms with van der Waals surface area (Å²) in [5.41, 5.74) is 7.89. The van der Waals surface area contributed by atoms with E-state index in [-0.39, 0.29) is 5.91 Å². The maximum atomic E-state index is 11.8. The van der Waals surface area contributed by atoms with E-state index in [1.165, 1.54) is 0 Å². The lowest BCUT2D eigenvalue weighted by molar-refractivity contribution is -0.128. The molecule has 2 rings (SSSR count). The predicted molar refractivity (Wildman–Crippen MR) is 71.7 cm³/mol. The molecule has 0 aromatic heterocycles. The summed E-state index contributed by atoms with van der Waals surface area (Å²) in [6.07, 6.45) is 0.668. The van der Waals surface area contributed by atoms with E-state index < -0.39 is 0 Å². The van der Waals surface area contributed by atoms with Crippen molar-refractivity contribution < 1.29 is 4.79 Å². The highest BCUT2D eigenvalue weighted by Gasteiger charge is 2.28. The van der Waals surface area contributed by atoms with Crippen molar-refractivity contribution in [3.8, 4) is 0 Å². The number of carbonyl (C=O) groups excluding carboxylic acids is 1. The molecule has 0 spiro atoms. The maximum Gasteiger partial charge on any atom is 0.223 e. The zero-order chi connectivity index (χ0) is 12.3. The van der Waals surface area contributed by atoms with Crippen LogP contribution in [0.1, 0.15) is 17.5 Å². The fraction of sp³-hybridized carbons (Fsp3) is 0.462. The number of halogens is 1. The number of likely N-dealkylation sites (tertiary alicyclic amines) is 1. The lowest BCUT2D eigenvalue weighted by Gasteiger charge is -2.16. The molecular weight excluding hydrogens is 280 g/mol. The Morgan fingerprint density at radius 3 is 2.82 bits per heavy atom. The van der Waals surface area contributed by atoms with E-state index in [0.717, 1.165) is 23.0 Å². The molecule has 1 unspecified atom stereocenters. The molecule has 4 heteroatoms. The molecule has 0 bridgehead atoms. The molecule has 0 saturated carbocycles. The van der Waals surface area contributed by atoms with E-state index in [1.807, 2.05) is 23.1 Å². The molecule has 1 aliphatic heterocycles. The molecule has 1 aromatic carbocycles. The van der Waals surface area contributed by atoms with Crippen molar-refractivity contribution in [3.05, 3.63) is 35.4 Å². The highest BCUT2D eigenvalue weighted by Crippen LogP contribution is 2.21. The van der Waals surface area contributed by atoms with E-state index in [4.69, 9.17) is 5.73 Å². The zero-order valence-electron chi connectivity index (χ0n) is 9.73. The molecule has 1 aliphatic rings. The van der Waals surface area contributed by atoms with Crippen molar-refractivity contribution in [2.24, 2.45) is 11.7 Å². The number of nitrogens with zero attached hydrogens (tertiary/aromatic N) is 1. The number of amides is 1. The highest BCUT2D eigenvalue weighted by atomic mass is 79.9. The molecule has 2 N–H and O–H groups in total. The molecule has 1 heterocycles. The molecule has 17 heavy (non-hydrogen) atoms. The van der Waals surface area contributed by atoms with Crippen LogP contribution in [0.3, 0.4) is 0 Å². The van der Waals surface area contributed by atoms with E-state index >= 15 is 0 Å². The third-order valence-electron chi connectivity index (χ3n) is 3.11. The van der Waals surface area contributed by atoms with Crippen LogP contribution in [0.2, 0.25) is 0 Å². The Labute approximate surface area is 110 Å². The molecule has 0 radical (unpaired) electrons. The Balaban J connectivity index is 2.03. The number of alkyl halides is 1. The van der Waals surface area contributed by atoms with E-state index in [9.17, 15) is 4.79 Å². The van der Waals surface area contributed by atoms with E-state index in [0.29, 0.717) is 25.4 Å². The third kappa shape index (κ3) is 3.07. The van der Waals surface area contributed by atoms with Gasteiger partial charge in [0, 0.05) is 31.4 Å². The smallest absolute Gasteiger partial charge is 0.223 e. The molecule has 1 fully saturated rings. The Morgan fingerprint density at radius 2 is 2.18 bits per heavy atom. The SMILES string of the molecule is NCc1cccc(CN2CC(CBr)CC2=O)c1. The van der Waals surface area contributed by atoms with Gasteiger partial charge < -0.3 is 10.6 Å². The Bertz CT molecular complexity index is 408. The van der Waals surface area contributed by atoms with Crippen molar-refractivity contribution in [2.45, 2.75) is 19.5 Å². The van der Waals surface area contributed by atoms with Gasteiger partial charge in [-0.2, -0.15) is 0 Å². The summed E-state index contributed by atoms with van der Waals surface area (Å²) in [5, 5.41) is 0.901. The topological polar surface area (TPSA) is 46.3 Å². The number of hydrogen-bond donors (Lipinski definition) is 1. The molecule has 1 amide bonds. The summed E-state index contributed by atoms with van der Waals surface area (Å²) in [4.78, 5) is 13.7. The molecule has 0 aliphatic carbocycles. The highest BCUT2D eigenvalue weighted by molar-refractivity contribution is 9.09. The van der Waals surface area contributed by atoms with Crippen LogP contribution in [0.25, 0.3) is 0 Å². The first-order chi connectivity index (χ1) is 8.22. The number of nitrogens with two attached hydrogens (primary N) is 1. The third-order valence-corrected chi connectivity index (χ3v) is 4.03. The zero-order valence-corrected chi connectivity index (χ0v) is 11.3. The van der Waals surface area contributed by atoms with Crippen LogP contribution < -0.4 is 5.73 Å². The van der Waals surface area contributed by atoms with Gasteiger partial charge in [-0.15, -0.1) is 0 Å². The summed E-state index contributed by atoms with van der Waals surface area (Å²) in [7, 11) is 0. The van der Waals surface area contributed by atoms with Gasteiger partial charge in [0.25, 0.3) is 0 Å². The number of rotatable bonds is 4. The fourth-order valence-corrected chi connectivity index (χ4v) is 2.62. The van der Waals surface area contributed by atoms with Gasteiger partial charge in [-0.05, 0) is 17.0 Å². The van der Waals surface area contributed by atoms with Crippen molar-refractivity contribution in [1.29, 1.82) is 0 Å². The largest absolute Gasteiger partial charge is 0.338 e. The van der Waals surface area contributed by atoms with Crippen LogP contribution in [0.5, 0.6) is 0 Å². The molecule has 1 atom stereocenters. The predicted octanol–water partition coefficient (Wildman–Crippen LogP) is 1.89. The van der Waals surface area contributed by atoms with Gasteiger partial charge >= 0.3 is 0 Å². The Hall–Kier alpha value is -0.870. The number of carbonyl (C=O) groups is 1. The van der Waals surface area contributed by atoms with Crippen LogP contribution in [0.15, 0.2) is 24.3 Å². The van der Waals surface area contributed by atoms with Gasteiger partial charge in [0.15, 0.2) is 0 Å². The molecule has 1 aromatic rings. The van der Waals surface area contributed by atoms with Crippen LogP contribution in [-0.4, -0.2) is 22.7 Å². The van der Waals surface area contributed by atoms with Gasteiger partial charge in [0.1, 0.15) is 0 Å². The summed E-state index contributed by atoms with van der Waals surface area (Å²) in [6.45, 7) is 2.11. The molecule has 1 saturated heterocycles. The Morgan fingerprint density at radius 1 is 1.41 bits per heavy atom. The van der Waals surface area contributed by atoms with Crippen molar-refractivity contribution >= 4 is 21.8 Å². The number of hydrogen-bond acceptors (Lipinski definition) is 2. The average Bonchev–Trinajstić information content (AvgIpc) is 2.70. The van der Waals surface area contributed by atoms with Crippen molar-refractivity contribution in [3.63, 3.8) is 0 Å². The first kappa shape index (κ1) is 12.6.